The summed E-state index contributed by atoms with van der Waals surface area (Å²) in [6.45, 7) is 8.55. The minimum absolute atomic E-state index is 0.272. The van der Waals surface area contributed by atoms with Crippen LogP contribution in [-0.4, -0.2) is 18.5 Å². The summed E-state index contributed by atoms with van der Waals surface area (Å²) in [5.74, 6) is 0. The van der Waals surface area contributed by atoms with Crippen LogP contribution in [-0.2, 0) is 0 Å². The molecular formula is C19H39P. The fraction of sp³-hybridized carbons (Fsp3) is 0.895. The van der Waals surface area contributed by atoms with Gasteiger partial charge in [0.15, 0.2) is 0 Å². The van der Waals surface area contributed by atoms with Crippen molar-refractivity contribution in [3.8, 4) is 0 Å². The van der Waals surface area contributed by atoms with E-state index in [0.717, 1.165) is 0 Å². The van der Waals surface area contributed by atoms with Crippen LogP contribution < -0.4 is 0 Å². The third-order valence-electron chi connectivity index (χ3n) is 4.04. The third kappa shape index (κ3) is 14.6. The molecule has 0 fully saturated rings. The molecule has 0 aromatic rings. The Bertz CT molecular complexity index is 172. The molecule has 120 valence electrons. The summed E-state index contributed by atoms with van der Waals surface area (Å²) >= 11 is 0. The zero-order chi connectivity index (χ0) is 14.9. The van der Waals surface area contributed by atoms with Crippen LogP contribution >= 0.6 is 7.92 Å². The van der Waals surface area contributed by atoms with Crippen LogP contribution in [0.2, 0.25) is 0 Å². The Morgan fingerprint density at radius 1 is 0.650 bits per heavy atom. The summed E-state index contributed by atoms with van der Waals surface area (Å²) in [6.07, 6.45) is 23.8. The van der Waals surface area contributed by atoms with Gasteiger partial charge in [-0.1, -0.05) is 84.1 Å². The second-order valence-corrected chi connectivity index (χ2v) is 8.73. The highest BCUT2D eigenvalue weighted by atomic mass is 31.1. The van der Waals surface area contributed by atoms with Crippen molar-refractivity contribution < 1.29 is 0 Å². The maximum absolute atomic E-state index is 3.95. The van der Waals surface area contributed by atoms with Gasteiger partial charge in [0, 0.05) is 0 Å². The summed E-state index contributed by atoms with van der Waals surface area (Å²) in [4.78, 5) is 0. The van der Waals surface area contributed by atoms with Crippen molar-refractivity contribution in [1.29, 1.82) is 0 Å². The fourth-order valence-electron chi connectivity index (χ4n) is 2.71. The highest BCUT2D eigenvalue weighted by Crippen LogP contribution is 2.38. The van der Waals surface area contributed by atoms with Crippen LogP contribution in [0.15, 0.2) is 12.7 Å². The van der Waals surface area contributed by atoms with E-state index in [1.54, 1.807) is 0 Å². The van der Waals surface area contributed by atoms with Gasteiger partial charge in [-0.15, -0.1) is 14.5 Å². The van der Waals surface area contributed by atoms with E-state index in [-0.39, 0.29) is 7.92 Å². The van der Waals surface area contributed by atoms with E-state index in [9.17, 15) is 0 Å². The Hall–Kier alpha value is 0.170. The van der Waals surface area contributed by atoms with Gasteiger partial charge in [-0.3, -0.25) is 0 Å². The number of allylic oxidation sites excluding steroid dienone is 1. The molecule has 0 N–H and O–H groups in total. The Balaban J connectivity index is 3.47. The largest absolute Gasteiger partial charge is 0.103 e. The van der Waals surface area contributed by atoms with Crippen LogP contribution in [0, 0.1) is 0 Å². The second kappa shape index (κ2) is 17.2. The minimum Gasteiger partial charge on any atom is -0.103 e. The maximum atomic E-state index is 3.95. The van der Waals surface area contributed by atoms with Gasteiger partial charge in [-0.05, 0) is 31.3 Å². The van der Waals surface area contributed by atoms with Crippen molar-refractivity contribution in [2.75, 3.05) is 18.5 Å². The van der Waals surface area contributed by atoms with Crippen molar-refractivity contribution in [1.82, 2.24) is 0 Å². The van der Waals surface area contributed by atoms with Crippen molar-refractivity contribution >= 4 is 7.92 Å². The van der Waals surface area contributed by atoms with Gasteiger partial charge in [0.05, 0.1) is 0 Å². The maximum Gasteiger partial charge on any atom is -0.0147 e. The molecule has 0 atom stereocenters. The number of rotatable bonds is 16. The predicted octanol–water partition coefficient (Wildman–Crippen LogP) is 7.38. The van der Waals surface area contributed by atoms with Gasteiger partial charge in [0.2, 0.25) is 0 Å². The lowest BCUT2D eigenvalue weighted by Gasteiger charge is -2.15. The highest BCUT2D eigenvalue weighted by Gasteiger charge is 2.05. The van der Waals surface area contributed by atoms with Gasteiger partial charge in [-0.2, -0.15) is 0 Å². The normalized spacial score (nSPS) is 11.2. The van der Waals surface area contributed by atoms with E-state index in [4.69, 9.17) is 0 Å². The molecule has 0 aliphatic carbocycles. The van der Waals surface area contributed by atoms with Crippen LogP contribution in [0.5, 0.6) is 0 Å². The molecule has 0 saturated heterocycles. The van der Waals surface area contributed by atoms with E-state index in [2.05, 4.69) is 26.5 Å². The highest BCUT2D eigenvalue weighted by molar-refractivity contribution is 7.57. The number of unbranched alkanes of at least 4 members (excludes halogenated alkanes) is 10. The van der Waals surface area contributed by atoms with Crippen LogP contribution in [0.25, 0.3) is 0 Å². The fourth-order valence-corrected chi connectivity index (χ4v) is 5.00. The second-order valence-electron chi connectivity index (χ2n) is 6.12. The van der Waals surface area contributed by atoms with E-state index < -0.39 is 0 Å². The van der Waals surface area contributed by atoms with Gasteiger partial charge in [0.1, 0.15) is 0 Å². The zero-order valence-corrected chi connectivity index (χ0v) is 15.2. The SMILES string of the molecule is C=CCP(CCCCCCCC)CCCCCCCC. The molecule has 0 saturated carbocycles. The van der Waals surface area contributed by atoms with Crippen LogP contribution in [0.4, 0.5) is 0 Å². The molecule has 0 aliphatic rings. The summed E-state index contributed by atoms with van der Waals surface area (Å²) in [5.41, 5.74) is 0. The first kappa shape index (κ1) is 20.2. The van der Waals surface area contributed by atoms with E-state index in [1.165, 1.54) is 95.5 Å². The lowest BCUT2D eigenvalue weighted by Crippen LogP contribution is -1.95. The molecule has 0 heterocycles. The van der Waals surface area contributed by atoms with Gasteiger partial charge in [0.25, 0.3) is 0 Å². The monoisotopic (exact) mass is 298 g/mol. The zero-order valence-electron chi connectivity index (χ0n) is 14.3. The van der Waals surface area contributed by atoms with Crippen molar-refractivity contribution in [3.63, 3.8) is 0 Å². The van der Waals surface area contributed by atoms with Gasteiger partial charge < -0.3 is 0 Å². The first-order chi connectivity index (χ1) is 9.85. The summed E-state index contributed by atoms with van der Waals surface area (Å²) in [7, 11) is 0.272. The summed E-state index contributed by atoms with van der Waals surface area (Å²) < 4.78 is 0. The van der Waals surface area contributed by atoms with Crippen LogP contribution in [0.3, 0.4) is 0 Å². The summed E-state index contributed by atoms with van der Waals surface area (Å²) in [5, 5.41) is 0. The Kier molecular flexibility index (Phi) is 17.4. The molecule has 0 unspecified atom stereocenters. The van der Waals surface area contributed by atoms with Crippen LogP contribution in [0.1, 0.15) is 90.9 Å². The first-order valence-corrected chi connectivity index (χ1v) is 11.1. The molecule has 0 rings (SSSR count). The Labute approximate surface area is 130 Å². The summed E-state index contributed by atoms with van der Waals surface area (Å²) in [6, 6.07) is 0. The van der Waals surface area contributed by atoms with E-state index >= 15 is 0 Å². The molecule has 0 bridgehead atoms. The molecule has 0 aromatic heterocycles. The molecule has 0 radical (unpaired) electrons. The average Bonchev–Trinajstić information content (AvgIpc) is 2.46. The standard InChI is InChI=1S/C19H39P/c1-4-7-9-11-13-15-18-20(17-6-3)19-16-14-12-10-8-5-2/h6H,3-5,7-19H2,1-2H3. The van der Waals surface area contributed by atoms with Crippen molar-refractivity contribution in [3.05, 3.63) is 12.7 Å². The quantitative estimate of drug-likeness (QED) is 0.158. The number of hydrogen-bond acceptors (Lipinski definition) is 0. The molecule has 1 heteroatoms. The first-order valence-electron chi connectivity index (χ1n) is 9.18. The van der Waals surface area contributed by atoms with Gasteiger partial charge in [-0.25, -0.2) is 0 Å². The molecule has 20 heavy (non-hydrogen) atoms. The van der Waals surface area contributed by atoms with Crippen molar-refractivity contribution in [2.24, 2.45) is 0 Å². The molecule has 0 aliphatic heterocycles. The van der Waals surface area contributed by atoms with E-state index in [0.29, 0.717) is 0 Å². The lowest BCUT2D eigenvalue weighted by molar-refractivity contribution is 0.622. The van der Waals surface area contributed by atoms with Gasteiger partial charge >= 0.3 is 0 Å². The Morgan fingerprint density at radius 3 is 1.45 bits per heavy atom. The van der Waals surface area contributed by atoms with Crippen molar-refractivity contribution in [2.45, 2.75) is 90.9 Å². The molecular weight excluding hydrogens is 259 g/mol. The average molecular weight is 298 g/mol. The topological polar surface area (TPSA) is 0 Å². The molecule has 0 amide bonds. The Morgan fingerprint density at radius 2 is 1.05 bits per heavy atom. The smallest absolute Gasteiger partial charge is 0.0147 e. The molecule has 0 spiro atoms. The number of hydrogen-bond donors (Lipinski definition) is 0. The third-order valence-corrected chi connectivity index (χ3v) is 6.72. The predicted molar refractivity (Wildman–Crippen MR) is 98.5 cm³/mol. The van der Waals surface area contributed by atoms with E-state index in [1.807, 2.05) is 0 Å². The lowest BCUT2D eigenvalue weighted by atomic mass is 10.1. The molecule has 0 nitrogen and oxygen atoms in total. The molecule has 0 aromatic carbocycles. The minimum atomic E-state index is 0.272.